The third-order valence-electron chi connectivity index (χ3n) is 2.67. The summed E-state index contributed by atoms with van der Waals surface area (Å²) < 4.78 is 0. The molecule has 3 nitrogen and oxygen atoms in total. The molecule has 0 aliphatic heterocycles. The van der Waals surface area contributed by atoms with Crippen molar-refractivity contribution in [3.05, 3.63) is 33.8 Å². The Morgan fingerprint density at radius 2 is 1.95 bits per heavy atom. The van der Waals surface area contributed by atoms with Gasteiger partial charge in [-0.15, -0.1) is 0 Å². The summed E-state index contributed by atoms with van der Waals surface area (Å²) in [5.74, 6) is 0.814. The Labute approximate surface area is 128 Å². The number of carbonyl (C=O) groups excluding carboxylic acids is 1. The van der Waals surface area contributed by atoms with Gasteiger partial charge in [-0.1, -0.05) is 23.2 Å². The van der Waals surface area contributed by atoms with Crippen LogP contribution < -0.4 is 5.73 Å². The topological polar surface area (TPSA) is 46.3 Å². The molecule has 6 heteroatoms. The van der Waals surface area contributed by atoms with E-state index in [2.05, 4.69) is 0 Å². The number of hydrogen-bond donors (Lipinski definition) is 1. The molecule has 0 fully saturated rings. The molecule has 0 aliphatic rings. The monoisotopic (exact) mass is 320 g/mol. The second kappa shape index (κ2) is 8.00. The summed E-state index contributed by atoms with van der Waals surface area (Å²) in [6, 6.07) is 4.81. The first kappa shape index (κ1) is 16.6. The predicted octanol–water partition coefficient (Wildman–Crippen LogP) is 3.03. The maximum atomic E-state index is 12.0. The van der Waals surface area contributed by atoms with Crippen LogP contribution in [0.3, 0.4) is 0 Å². The molecule has 1 rings (SSSR count). The molecule has 0 saturated carbocycles. The molecular formula is C13H18Cl2N2OS. The van der Waals surface area contributed by atoms with Gasteiger partial charge in [0, 0.05) is 23.6 Å². The first-order valence-corrected chi connectivity index (χ1v) is 8.03. The molecule has 0 aliphatic carbocycles. The fourth-order valence-electron chi connectivity index (χ4n) is 1.71. The van der Waals surface area contributed by atoms with Crippen molar-refractivity contribution >= 4 is 40.9 Å². The van der Waals surface area contributed by atoms with E-state index in [9.17, 15) is 4.79 Å². The van der Waals surface area contributed by atoms with Gasteiger partial charge in [-0.2, -0.15) is 11.8 Å². The number of halogens is 2. The molecule has 0 unspecified atom stereocenters. The zero-order valence-electron chi connectivity index (χ0n) is 11.0. The van der Waals surface area contributed by atoms with Crippen LogP contribution in [-0.4, -0.2) is 35.9 Å². The van der Waals surface area contributed by atoms with Gasteiger partial charge in [0.15, 0.2) is 0 Å². The molecule has 0 bridgehead atoms. The second-order valence-electron chi connectivity index (χ2n) is 4.36. The van der Waals surface area contributed by atoms with Gasteiger partial charge in [-0.3, -0.25) is 4.79 Å². The van der Waals surface area contributed by atoms with Crippen molar-refractivity contribution < 1.29 is 4.79 Å². The first-order valence-electron chi connectivity index (χ1n) is 5.88. The SMILES string of the molecule is CSCC[C@@H](N)C(=O)N(C)Cc1cc(Cl)cc(Cl)c1. The summed E-state index contributed by atoms with van der Waals surface area (Å²) in [7, 11) is 1.73. The number of nitrogens with zero attached hydrogens (tertiary/aromatic N) is 1. The molecular weight excluding hydrogens is 303 g/mol. The minimum Gasteiger partial charge on any atom is -0.340 e. The summed E-state index contributed by atoms with van der Waals surface area (Å²) in [4.78, 5) is 13.7. The zero-order chi connectivity index (χ0) is 14.4. The zero-order valence-corrected chi connectivity index (χ0v) is 13.4. The highest BCUT2D eigenvalue weighted by Gasteiger charge is 2.17. The Kier molecular flexibility index (Phi) is 7.00. The van der Waals surface area contributed by atoms with Gasteiger partial charge >= 0.3 is 0 Å². The lowest BCUT2D eigenvalue weighted by molar-refractivity contribution is -0.131. The van der Waals surface area contributed by atoms with Gasteiger partial charge in [0.05, 0.1) is 6.04 Å². The lowest BCUT2D eigenvalue weighted by Crippen LogP contribution is -2.41. The van der Waals surface area contributed by atoms with E-state index < -0.39 is 6.04 Å². The van der Waals surface area contributed by atoms with Crippen molar-refractivity contribution in [2.75, 3.05) is 19.1 Å². The fourth-order valence-corrected chi connectivity index (χ4v) is 2.77. The van der Waals surface area contributed by atoms with Crippen LogP contribution in [0.25, 0.3) is 0 Å². The highest BCUT2D eigenvalue weighted by atomic mass is 35.5. The quantitative estimate of drug-likeness (QED) is 0.876. The number of nitrogens with two attached hydrogens (primary N) is 1. The minimum absolute atomic E-state index is 0.0647. The number of benzene rings is 1. The van der Waals surface area contributed by atoms with Crippen LogP contribution in [-0.2, 0) is 11.3 Å². The van der Waals surface area contributed by atoms with Gasteiger partial charge in [0.1, 0.15) is 0 Å². The molecule has 0 saturated heterocycles. The normalized spacial score (nSPS) is 12.3. The average molecular weight is 321 g/mol. The fraction of sp³-hybridized carbons (Fsp3) is 0.462. The number of hydrogen-bond acceptors (Lipinski definition) is 3. The van der Waals surface area contributed by atoms with Crippen LogP contribution in [0.15, 0.2) is 18.2 Å². The van der Waals surface area contributed by atoms with Gasteiger partial charge < -0.3 is 10.6 Å². The molecule has 2 N–H and O–H groups in total. The summed E-state index contributed by atoms with van der Waals surface area (Å²) in [6.45, 7) is 0.450. The molecule has 0 spiro atoms. The number of likely N-dealkylation sites (N-methyl/N-ethyl adjacent to an activating group) is 1. The molecule has 1 aromatic rings. The molecule has 0 aromatic heterocycles. The van der Waals surface area contributed by atoms with Gasteiger partial charge in [0.2, 0.25) is 5.91 Å². The largest absolute Gasteiger partial charge is 0.340 e. The standard InChI is InChI=1S/C13H18Cl2N2OS/c1-17(13(18)12(16)3-4-19-2)8-9-5-10(14)7-11(15)6-9/h5-7,12H,3-4,8,16H2,1-2H3/t12-/m1/s1. The lowest BCUT2D eigenvalue weighted by Gasteiger charge is -2.21. The second-order valence-corrected chi connectivity index (χ2v) is 6.22. The van der Waals surface area contributed by atoms with E-state index in [4.69, 9.17) is 28.9 Å². The third kappa shape index (κ3) is 5.61. The Morgan fingerprint density at radius 1 is 1.37 bits per heavy atom. The van der Waals surface area contributed by atoms with E-state index in [0.29, 0.717) is 23.0 Å². The van der Waals surface area contributed by atoms with Crippen LogP contribution in [0.1, 0.15) is 12.0 Å². The first-order chi connectivity index (χ1) is 8.93. The summed E-state index contributed by atoms with van der Waals surface area (Å²) in [6.07, 6.45) is 2.68. The third-order valence-corrected chi connectivity index (χ3v) is 3.75. The smallest absolute Gasteiger partial charge is 0.239 e. The van der Waals surface area contributed by atoms with Crippen molar-refractivity contribution in [1.29, 1.82) is 0 Å². The summed E-state index contributed by atoms with van der Waals surface area (Å²) in [5, 5.41) is 1.13. The van der Waals surface area contributed by atoms with Crippen LogP contribution in [0.5, 0.6) is 0 Å². The highest BCUT2D eigenvalue weighted by molar-refractivity contribution is 7.98. The maximum absolute atomic E-state index is 12.0. The van der Waals surface area contributed by atoms with Crippen molar-refractivity contribution in [3.63, 3.8) is 0 Å². The maximum Gasteiger partial charge on any atom is 0.239 e. The molecule has 0 heterocycles. The van der Waals surface area contributed by atoms with Crippen molar-refractivity contribution in [3.8, 4) is 0 Å². The van der Waals surface area contributed by atoms with E-state index in [1.807, 2.05) is 6.26 Å². The van der Waals surface area contributed by atoms with Crippen molar-refractivity contribution in [2.24, 2.45) is 5.73 Å². The predicted molar refractivity (Wildman–Crippen MR) is 83.9 cm³/mol. The van der Waals surface area contributed by atoms with Crippen LogP contribution in [0.2, 0.25) is 10.0 Å². The van der Waals surface area contributed by atoms with E-state index in [0.717, 1.165) is 11.3 Å². The minimum atomic E-state index is -0.452. The van der Waals surface area contributed by atoms with Crippen molar-refractivity contribution in [2.45, 2.75) is 19.0 Å². The van der Waals surface area contributed by atoms with Crippen LogP contribution in [0, 0.1) is 0 Å². The number of amides is 1. The molecule has 1 atom stereocenters. The average Bonchev–Trinajstić information content (AvgIpc) is 2.33. The van der Waals surface area contributed by atoms with Gasteiger partial charge in [-0.25, -0.2) is 0 Å². The highest BCUT2D eigenvalue weighted by Crippen LogP contribution is 2.20. The van der Waals surface area contributed by atoms with Gasteiger partial charge in [-0.05, 0) is 42.2 Å². The number of thioether (sulfide) groups is 1. The Balaban J connectivity index is 2.62. The van der Waals surface area contributed by atoms with E-state index in [-0.39, 0.29) is 5.91 Å². The van der Waals surface area contributed by atoms with Gasteiger partial charge in [0.25, 0.3) is 0 Å². The Bertz CT molecular complexity index is 422. The Morgan fingerprint density at radius 3 is 2.47 bits per heavy atom. The molecule has 1 aromatic carbocycles. The lowest BCUT2D eigenvalue weighted by atomic mass is 10.1. The van der Waals surface area contributed by atoms with E-state index in [1.165, 1.54) is 0 Å². The van der Waals surface area contributed by atoms with E-state index in [1.54, 1.807) is 41.9 Å². The Hall–Kier alpha value is -0.420. The molecule has 0 radical (unpaired) electrons. The molecule has 1 amide bonds. The van der Waals surface area contributed by atoms with Crippen molar-refractivity contribution in [1.82, 2.24) is 4.90 Å². The number of carbonyl (C=O) groups is 1. The molecule has 106 valence electrons. The molecule has 19 heavy (non-hydrogen) atoms. The summed E-state index contributed by atoms with van der Waals surface area (Å²) >= 11 is 13.5. The van der Waals surface area contributed by atoms with Crippen LogP contribution >= 0.6 is 35.0 Å². The summed E-state index contributed by atoms with van der Waals surface area (Å²) in [5.41, 5.74) is 6.75. The van der Waals surface area contributed by atoms with Crippen LogP contribution in [0.4, 0.5) is 0 Å². The number of rotatable bonds is 6. The van der Waals surface area contributed by atoms with E-state index >= 15 is 0 Å².